The first-order valence-electron chi connectivity index (χ1n) is 7.26. The van der Waals surface area contributed by atoms with Crippen molar-refractivity contribution in [3.05, 3.63) is 58.9 Å². The first-order valence-corrected chi connectivity index (χ1v) is 7.26. The lowest BCUT2D eigenvalue weighted by Crippen LogP contribution is -2.32. The van der Waals surface area contributed by atoms with E-state index < -0.39 is 0 Å². The van der Waals surface area contributed by atoms with Crippen molar-refractivity contribution in [2.45, 2.75) is 26.7 Å². The van der Waals surface area contributed by atoms with Gasteiger partial charge in [-0.15, -0.1) is 0 Å². The Morgan fingerprint density at radius 2 is 1.90 bits per heavy atom. The summed E-state index contributed by atoms with van der Waals surface area (Å²) in [5, 5.41) is 0. The second kappa shape index (κ2) is 5.28. The minimum absolute atomic E-state index is 0.0663. The third kappa shape index (κ3) is 2.43. The summed E-state index contributed by atoms with van der Waals surface area (Å²) >= 11 is 0. The molecule has 3 rings (SSSR count). The van der Waals surface area contributed by atoms with Gasteiger partial charge in [-0.05, 0) is 43.9 Å². The molecular weight excluding hydrogens is 248 g/mol. The molecule has 0 radical (unpaired) electrons. The van der Waals surface area contributed by atoms with Crippen molar-refractivity contribution in [2.24, 2.45) is 11.8 Å². The molecule has 1 heterocycles. The molecule has 0 saturated carbocycles. The van der Waals surface area contributed by atoms with Gasteiger partial charge in [0, 0.05) is 11.8 Å². The lowest BCUT2D eigenvalue weighted by atomic mass is 9.73. The minimum atomic E-state index is 0.0663. The number of rotatable bonds is 2. The summed E-state index contributed by atoms with van der Waals surface area (Å²) < 4.78 is 5.61. The monoisotopic (exact) mass is 268 g/mol. The molecule has 20 heavy (non-hydrogen) atoms. The van der Waals surface area contributed by atoms with Gasteiger partial charge in [-0.3, -0.25) is 4.79 Å². The van der Waals surface area contributed by atoms with Gasteiger partial charge in [0.25, 0.3) is 0 Å². The van der Waals surface area contributed by atoms with Crippen LogP contribution in [-0.4, -0.2) is 12.4 Å². The Labute approximate surface area is 120 Å². The largest absolute Gasteiger partial charge is 0.498 e. The molecule has 1 aliphatic heterocycles. The normalized spacial score (nSPS) is 25.4. The Morgan fingerprint density at radius 1 is 1.15 bits per heavy atom. The highest BCUT2D eigenvalue weighted by molar-refractivity contribution is 5.94. The fraction of sp³-hybridized carbons (Fsp3) is 0.389. The fourth-order valence-corrected chi connectivity index (χ4v) is 3.21. The van der Waals surface area contributed by atoms with E-state index in [0.717, 1.165) is 25.2 Å². The van der Waals surface area contributed by atoms with Gasteiger partial charge in [-0.2, -0.15) is 0 Å². The Kier molecular flexibility index (Phi) is 3.47. The van der Waals surface area contributed by atoms with Gasteiger partial charge in [-0.1, -0.05) is 35.9 Å². The van der Waals surface area contributed by atoms with Crippen molar-refractivity contribution in [1.29, 1.82) is 0 Å². The summed E-state index contributed by atoms with van der Waals surface area (Å²) in [6.07, 6.45) is 5.44. The fourth-order valence-electron chi connectivity index (χ4n) is 3.21. The van der Waals surface area contributed by atoms with E-state index in [1.165, 1.54) is 16.7 Å². The van der Waals surface area contributed by atoms with Crippen LogP contribution in [0.15, 0.2) is 47.7 Å². The summed E-state index contributed by atoms with van der Waals surface area (Å²) in [7, 11) is 0. The van der Waals surface area contributed by atoms with Crippen LogP contribution in [0.5, 0.6) is 0 Å². The number of carbonyl (C=O) groups is 1. The highest BCUT2D eigenvalue weighted by Crippen LogP contribution is 2.37. The van der Waals surface area contributed by atoms with Crippen LogP contribution < -0.4 is 0 Å². The second-order valence-corrected chi connectivity index (χ2v) is 5.79. The molecule has 2 aliphatic rings. The third-order valence-corrected chi connectivity index (χ3v) is 4.41. The molecule has 0 saturated heterocycles. The topological polar surface area (TPSA) is 26.3 Å². The second-order valence-electron chi connectivity index (χ2n) is 5.79. The molecule has 0 unspecified atom stereocenters. The number of allylic oxidation sites excluding steroid dienone is 4. The maximum atomic E-state index is 12.3. The van der Waals surface area contributed by atoms with Gasteiger partial charge in [-0.25, -0.2) is 0 Å². The van der Waals surface area contributed by atoms with Crippen LogP contribution in [0.1, 0.15) is 24.5 Å². The number of benzene rings is 1. The van der Waals surface area contributed by atoms with E-state index in [2.05, 4.69) is 31.2 Å². The average molecular weight is 268 g/mol. The summed E-state index contributed by atoms with van der Waals surface area (Å²) in [6, 6.07) is 8.50. The van der Waals surface area contributed by atoms with E-state index >= 15 is 0 Å². The SMILES string of the molecule is CC1=C2C=CC(=O)[C@@H](Cc3ccc(C)cc3)[C@@H]2CCO1. The molecule has 0 spiro atoms. The highest BCUT2D eigenvalue weighted by Gasteiger charge is 2.35. The standard InChI is InChI=1S/C18H20O2/c1-12-3-5-14(6-4-12)11-17-16-9-10-20-13(2)15(16)7-8-18(17)19/h3-8,16-17H,9-11H2,1-2H3/t16-,17+/m1/s1. The molecule has 0 aromatic heterocycles. The first kappa shape index (κ1) is 13.2. The highest BCUT2D eigenvalue weighted by atomic mass is 16.5. The number of hydrogen-bond acceptors (Lipinski definition) is 2. The van der Waals surface area contributed by atoms with Crippen LogP contribution >= 0.6 is 0 Å². The Hall–Kier alpha value is -1.83. The quantitative estimate of drug-likeness (QED) is 0.819. The molecule has 2 nitrogen and oxygen atoms in total. The molecule has 1 aromatic carbocycles. The molecule has 1 aliphatic carbocycles. The molecule has 0 N–H and O–H groups in total. The molecule has 0 bridgehead atoms. The zero-order valence-electron chi connectivity index (χ0n) is 12.1. The lowest BCUT2D eigenvalue weighted by molar-refractivity contribution is -0.120. The zero-order chi connectivity index (χ0) is 14.1. The smallest absolute Gasteiger partial charge is 0.159 e. The maximum Gasteiger partial charge on any atom is 0.159 e. The van der Waals surface area contributed by atoms with E-state index in [4.69, 9.17) is 4.74 Å². The molecule has 2 atom stereocenters. The number of ether oxygens (including phenoxy) is 1. The lowest BCUT2D eigenvalue weighted by Gasteiger charge is -2.34. The van der Waals surface area contributed by atoms with Crippen molar-refractivity contribution in [1.82, 2.24) is 0 Å². The molecule has 104 valence electrons. The van der Waals surface area contributed by atoms with Gasteiger partial charge in [0.1, 0.15) is 0 Å². The van der Waals surface area contributed by atoms with Gasteiger partial charge in [0.2, 0.25) is 0 Å². The third-order valence-electron chi connectivity index (χ3n) is 4.41. The van der Waals surface area contributed by atoms with E-state index in [1.807, 2.05) is 13.0 Å². The Bertz CT molecular complexity index is 578. The van der Waals surface area contributed by atoms with Gasteiger partial charge in [0.05, 0.1) is 12.4 Å². The number of aryl methyl sites for hydroxylation is 1. The van der Waals surface area contributed by atoms with E-state index in [9.17, 15) is 4.79 Å². The van der Waals surface area contributed by atoms with E-state index in [1.54, 1.807) is 6.08 Å². The van der Waals surface area contributed by atoms with Crippen molar-refractivity contribution in [2.75, 3.05) is 6.61 Å². The van der Waals surface area contributed by atoms with Crippen molar-refractivity contribution in [3.8, 4) is 0 Å². The van der Waals surface area contributed by atoms with Crippen molar-refractivity contribution in [3.63, 3.8) is 0 Å². The van der Waals surface area contributed by atoms with Crippen LogP contribution in [0.3, 0.4) is 0 Å². The minimum Gasteiger partial charge on any atom is -0.498 e. The van der Waals surface area contributed by atoms with Crippen LogP contribution in [0.2, 0.25) is 0 Å². The first-order chi connectivity index (χ1) is 9.65. The van der Waals surface area contributed by atoms with E-state index in [-0.39, 0.29) is 11.7 Å². The predicted molar refractivity (Wildman–Crippen MR) is 79.3 cm³/mol. The number of hydrogen-bond donors (Lipinski definition) is 0. The maximum absolute atomic E-state index is 12.3. The summed E-state index contributed by atoms with van der Waals surface area (Å²) in [5.41, 5.74) is 3.71. The number of ketones is 1. The summed E-state index contributed by atoms with van der Waals surface area (Å²) in [4.78, 5) is 12.3. The summed E-state index contributed by atoms with van der Waals surface area (Å²) in [6.45, 7) is 4.82. The number of fused-ring (bicyclic) bond motifs is 1. The van der Waals surface area contributed by atoms with Crippen LogP contribution in [-0.2, 0) is 16.0 Å². The van der Waals surface area contributed by atoms with Gasteiger partial charge in [0.15, 0.2) is 5.78 Å². The van der Waals surface area contributed by atoms with Gasteiger partial charge >= 0.3 is 0 Å². The van der Waals surface area contributed by atoms with Crippen LogP contribution in [0.4, 0.5) is 0 Å². The van der Waals surface area contributed by atoms with E-state index in [0.29, 0.717) is 5.92 Å². The van der Waals surface area contributed by atoms with Gasteiger partial charge < -0.3 is 4.74 Å². The molecule has 0 fully saturated rings. The Balaban J connectivity index is 1.88. The van der Waals surface area contributed by atoms with Crippen LogP contribution in [0.25, 0.3) is 0 Å². The Morgan fingerprint density at radius 3 is 2.65 bits per heavy atom. The predicted octanol–water partition coefficient (Wildman–Crippen LogP) is 3.60. The molecule has 1 aromatic rings. The number of carbonyl (C=O) groups excluding carboxylic acids is 1. The average Bonchev–Trinajstić information content (AvgIpc) is 2.44. The van der Waals surface area contributed by atoms with Crippen molar-refractivity contribution >= 4 is 5.78 Å². The summed E-state index contributed by atoms with van der Waals surface area (Å²) in [5.74, 6) is 1.63. The van der Waals surface area contributed by atoms with Crippen LogP contribution in [0, 0.1) is 18.8 Å². The molecule has 0 amide bonds. The molecular formula is C18H20O2. The molecule has 2 heteroatoms. The van der Waals surface area contributed by atoms with Crippen molar-refractivity contribution < 1.29 is 9.53 Å². The zero-order valence-corrected chi connectivity index (χ0v) is 12.1.